The first-order valence-electron chi connectivity index (χ1n) is 4.59. The lowest BCUT2D eigenvalue weighted by molar-refractivity contribution is -0.153. The summed E-state index contributed by atoms with van der Waals surface area (Å²) >= 11 is 0. The van der Waals surface area contributed by atoms with Crippen LogP contribution in [-0.2, 0) is 19.0 Å². The summed E-state index contributed by atoms with van der Waals surface area (Å²) in [6.07, 6.45) is -0.377. The maximum Gasteiger partial charge on any atom is 0.371 e. The van der Waals surface area contributed by atoms with Gasteiger partial charge in [0, 0.05) is 0 Å². The Morgan fingerprint density at radius 1 is 1.75 bits per heavy atom. The molecule has 0 amide bonds. The Labute approximate surface area is 92.2 Å². The van der Waals surface area contributed by atoms with Crippen LogP contribution in [-0.4, -0.2) is 42.0 Å². The van der Waals surface area contributed by atoms with Gasteiger partial charge in [0.1, 0.15) is 18.8 Å². The highest BCUT2D eigenvalue weighted by Gasteiger charge is 2.33. The largest absolute Gasteiger partial charge is 0.457 e. The van der Waals surface area contributed by atoms with Crippen molar-refractivity contribution in [1.82, 2.24) is 0 Å². The average molecular weight is 228 g/mol. The van der Waals surface area contributed by atoms with Gasteiger partial charge in [0.05, 0.1) is 6.61 Å². The van der Waals surface area contributed by atoms with E-state index >= 15 is 0 Å². The van der Waals surface area contributed by atoms with E-state index < -0.39 is 17.5 Å². The molecule has 1 saturated heterocycles. The Morgan fingerprint density at radius 2 is 2.44 bits per heavy atom. The lowest BCUT2D eigenvalue weighted by Gasteiger charge is -2.16. The summed E-state index contributed by atoms with van der Waals surface area (Å²) in [6.45, 7) is 3.73. The predicted molar refractivity (Wildman–Crippen MR) is 50.7 cm³/mol. The normalized spacial score (nSPS) is 23.8. The van der Waals surface area contributed by atoms with Gasteiger partial charge in [-0.15, -0.1) is 0 Å². The van der Waals surface area contributed by atoms with Crippen LogP contribution >= 0.6 is 0 Å². The van der Waals surface area contributed by atoms with Gasteiger partial charge in [-0.3, -0.25) is 0 Å². The molecule has 1 rings (SSSR count). The SMILES string of the molecule is CC1(C)OCC(COC(=O)/C(C#N)=N\O)O1. The van der Waals surface area contributed by atoms with Crippen molar-refractivity contribution in [3.8, 4) is 6.07 Å². The minimum atomic E-state index is -0.988. The molecule has 1 heterocycles. The van der Waals surface area contributed by atoms with Gasteiger partial charge < -0.3 is 19.4 Å². The van der Waals surface area contributed by atoms with Crippen molar-refractivity contribution < 1.29 is 24.2 Å². The van der Waals surface area contributed by atoms with E-state index in [9.17, 15) is 4.79 Å². The molecule has 7 heteroatoms. The van der Waals surface area contributed by atoms with Gasteiger partial charge in [0.2, 0.25) is 0 Å². The van der Waals surface area contributed by atoms with E-state index in [1.54, 1.807) is 13.8 Å². The second-order valence-corrected chi connectivity index (χ2v) is 3.61. The quantitative estimate of drug-likeness (QED) is 0.316. The first-order chi connectivity index (χ1) is 7.48. The van der Waals surface area contributed by atoms with Crippen LogP contribution in [0.4, 0.5) is 0 Å². The maximum absolute atomic E-state index is 11.1. The van der Waals surface area contributed by atoms with Crippen LogP contribution in [0.15, 0.2) is 5.16 Å². The van der Waals surface area contributed by atoms with Gasteiger partial charge in [-0.2, -0.15) is 5.26 Å². The van der Waals surface area contributed by atoms with E-state index in [0.717, 1.165) is 0 Å². The highest BCUT2D eigenvalue weighted by atomic mass is 16.7. The summed E-state index contributed by atoms with van der Waals surface area (Å²) in [5, 5.41) is 19.1. The first kappa shape index (κ1) is 12.4. The summed E-state index contributed by atoms with van der Waals surface area (Å²) in [7, 11) is 0. The smallest absolute Gasteiger partial charge is 0.371 e. The zero-order valence-corrected chi connectivity index (χ0v) is 8.97. The molecule has 1 atom stereocenters. The first-order valence-corrected chi connectivity index (χ1v) is 4.59. The van der Waals surface area contributed by atoms with Crippen molar-refractivity contribution in [2.45, 2.75) is 25.7 Å². The van der Waals surface area contributed by atoms with E-state index in [4.69, 9.17) is 24.7 Å². The zero-order valence-electron chi connectivity index (χ0n) is 8.97. The standard InChI is InChI=1S/C9H12N2O5/c1-9(2)15-5-6(16-9)4-14-8(12)7(3-10)11-13/h6,13H,4-5H2,1-2H3/b11-7-. The third-order valence-electron chi connectivity index (χ3n) is 1.87. The van der Waals surface area contributed by atoms with Gasteiger partial charge >= 0.3 is 5.97 Å². The number of carbonyl (C=O) groups is 1. The number of rotatable bonds is 3. The molecule has 0 aromatic rings. The molecule has 7 nitrogen and oxygen atoms in total. The van der Waals surface area contributed by atoms with Crippen molar-refractivity contribution in [1.29, 1.82) is 5.26 Å². The van der Waals surface area contributed by atoms with Crippen LogP contribution in [0, 0.1) is 11.3 Å². The minimum Gasteiger partial charge on any atom is -0.457 e. The highest BCUT2D eigenvalue weighted by molar-refractivity contribution is 6.42. The molecule has 0 aliphatic carbocycles. The molecule has 1 aliphatic heterocycles. The Balaban J connectivity index is 2.37. The Bertz CT molecular complexity index is 344. The second kappa shape index (κ2) is 4.92. The second-order valence-electron chi connectivity index (χ2n) is 3.61. The van der Waals surface area contributed by atoms with Gasteiger partial charge in [-0.05, 0) is 13.8 Å². The summed E-state index contributed by atoms with van der Waals surface area (Å²) in [6, 6.07) is 1.40. The molecule has 16 heavy (non-hydrogen) atoms. The fourth-order valence-electron chi connectivity index (χ4n) is 1.19. The molecule has 1 unspecified atom stereocenters. The molecular weight excluding hydrogens is 216 g/mol. The lowest BCUT2D eigenvalue weighted by Crippen LogP contribution is -2.27. The number of nitriles is 1. The van der Waals surface area contributed by atoms with Gasteiger partial charge in [0.15, 0.2) is 5.79 Å². The number of nitrogens with zero attached hydrogens (tertiary/aromatic N) is 2. The number of hydrogen-bond acceptors (Lipinski definition) is 7. The Kier molecular flexibility index (Phi) is 3.82. The molecule has 88 valence electrons. The van der Waals surface area contributed by atoms with E-state index in [2.05, 4.69) is 5.16 Å². The van der Waals surface area contributed by atoms with E-state index in [-0.39, 0.29) is 12.7 Å². The average Bonchev–Trinajstić information content (AvgIpc) is 2.57. The molecule has 0 spiro atoms. The van der Waals surface area contributed by atoms with Gasteiger partial charge in [-0.1, -0.05) is 5.16 Å². The zero-order chi connectivity index (χ0) is 12.2. The van der Waals surface area contributed by atoms with Crippen LogP contribution in [0.3, 0.4) is 0 Å². The number of oxime groups is 1. The van der Waals surface area contributed by atoms with Crippen molar-refractivity contribution in [2.24, 2.45) is 5.16 Å². The van der Waals surface area contributed by atoms with Crippen LogP contribution in [0.2, 0.25) is 0 Å². The van der Waals surface area contributed by atoms with E-state index in [1.807, 2.05) is 0 Å². The minimum absolute atomic E-state index is 0.0526. The molecule has 0 radical (unpaired) electrons. The predicted octanol–water partition coefficient (Wildman–Crippen LogP) is 0.0349. The van der Waals surface area contributed by atoms with Crippen molar-refractivity contribution in [2.75, 3.05) is 13.2 Å². The topological polar surface area (TPSA) is 101 Å². The summed E-state index contributed by atoms with van der Waals surface area (Å²) in [5.41, 5.74) is -0.696. The summed E-state index contributed by atoms with van der Waals surface area (Å²) in [4.78, 5) is 11.1. The number of hydrogen-bond donors (Lipinski definition) is 1. The Hall–Kier alpha value is -1.65. The van der Waals surface area contributed by atoms with Gasteiger partial charge in [-0.25, -0.2) is 4.79 Å². The Morgan fingerprint density at radius 3 is 2.88 bits per heavy atom. The molecule has 1 aliphatic rings. The van der Waals surface area contributed by atoms with Gasteiger partial charge in [0.25, 0.3) is 5.71 Å². The van der Waals surface area contributed by atoms with Crippen molar-refractivity contribution >= 4 is 11.7 Å². The van der Waals surface area contributed by atoms with Crippen LogP contribution in [0.1, 0.15) is 13.8 Å². The molecule has 1 N–H and O–H groups in total. The van der Waals surface area contributed by atoms with Crippen molar-refractivity contribution in [3.05, 3.63) is 0 Å². The number of esters is 1. The molecule has 0 aromatic heterocycles. The monoisotopic (exact) mass is 228 g/mol. The van der Waals surface area contributed by atoms with E-state index in [0.29, 0.717) is 6.61 Å². The van der Waals surface area contributed by atoms with Crippen LogP contribution < -0.4 is 0 Å². The molecule has 0 saturated carbocycles. The maximum atomic E-state index is 11.1. The fraction of sp³-hybridized carbons (Fsp3) is 0.667. The van der Waals surface area contributed by atoms with Crippen LogP contribution in [0.25, 0.3) is 0 Å². The number of carbonyl (C=O) groups excluding carboxylic acids is 1. The third kappa shape index (κ3) is 3.18. The highest BCUT2D eigenvalue weighted by Crippen LogP contribution is 2.22. The summed E-state index contributed by atoms with van der Waals surface area (Å²) < 4.78 is 15.3. The fourth-order valence-corrected chi connectivity index (χ4v) is 1.19. The molecular formula is C9H12N2O5. The lowest BCUT2D eigenvalue weighted by atomic mass is 10.4. The summed E-state index contributed by atoms with van der Waals surface area (Å²) in [5.74, 6) is -1.68. The molecule has 0 aromatic carbocycles. The molecule has 0 bridgehead atoms. The molecule has 1 fully saturated rings. The van der Waals surface area contributed by atoms with E-state index in [1.165, 1.54) is 6.07 Å². The van der Waals surface area contributed by atoms with Crippen molar-refractivity contribution in [3.63, 3.8) is 0 Å². The third-order valence-corrected chi connectivity index (χ3v) is 1.87. The van der Waals surface area contributed by atoms with Crippen LogP contribution in [0.5, 0.6) is 0 Å². The number of ether oxygens (including phenoxy) is 3.